The van der Waals surface area contributed by atoms with Crippen LogP contribution in [0.2, 0.25) is 0 Å². The third-order valence-electron chi connectivity index (χ3n) is 2.69. The highest BCUT2D eigenvalue weighted by atomic mass is 16.5. The van der Waals surface area contributed by atoms with E-state index in [1.807, 2.05) is 35.0 Å². The van der Waals surface area contributed by atoms with Crippen LogP contribution in [0.1, 0.15) is 5.69 Å². The fourth-order valence-electron chi connectivity index (χ4n) is 1.79. The van der Waals surface area contributed by atoms with E-state index in [0.717, 1.165) is 11.4 Å². The molecule has 2 heterocycles. The van der Waals surface area contributed by atoms with Gasteiger partial charge in [0.2, 0.25) is 0 Å². The van der Waals surface area contributed by atoms with Gasteiger partial charge in [-0.1, -0.05) is 0 Å². The summed E-state index contributed by atoms with van der Waals surface area (Å²) < 4.78 is 6.57. The maximum Gasteiger partial charge on any atom is 0.323 e. The highest BCUT2D eigenvalue weighted by Crippen LogP contribution is 2.13. The number of hydrogen-bond acceptors (Lipinski definition) is 4. The molecule has 0 bridgehead atoms. The highest BCUT2D eigenvalue weighted by molar-refractivity contribution is 5.75. The average molecular weight is 245 g/mol. The Morgan fingerprint density at radius 2 is 2.33 bits per heavy atom. The molecule has 2 N–H and O–H groups in total. The number of nitrogens with two attached hydrogens (primary N) is 1. The molecule has 2 aromatic heterocycles. The van der Waals surface area contributed by atoms with E-state index in [0.29, 0.717) is 6.42 Å². The smallest absolute Gasteiger partial charge is 0.323 e. The summed E-state index contributed by atoms with van der Waals surface area (Å²) >= 11 is 0. The lowest BCUT2D eigenvalue weighted by atomic mass is 10.1. The number of hydrogen-bond donors (Lipinski definition) is 1. The van der Waals surface area contributed by atoms with Gasteiger partial charge < -0.3 is 15.0 Å². The van der Waals surface area contributed by atoms with Crippen LogP contribution >= 0.6 is 0 Å². The molecule has 2 rings (SSSR count). The monoisotopic (exact) mass is 245 g/mol. The van der Waals surface area contributed by atoms with Crippen LogP contribution in [0.15, 0.2) is 42.9 Å². The second-order valence-corrected chi connectivity index (χ2v) is 3.91. The standard InChI is InChI=1S/C13H15N3O2/c1-18-13(17)12(14)8-10-5-3-7-16(10)11-4-2-6-15-9-11/h2-7,9,12H,8,14H2,1H3. The van der Waals surface area contributed by atoms with Crippen molar-refractivity contribution in [3.05, 3.63) is 48.5 Å². The first-order valence-electron chi connectivity index (χ1n) is 5.62. The Kier molecular flexibility index (Phi) is 3.74. The van der Waals surface area contributed by atoms with Crippen LogP contribution < -0.4 is 5.73 Å². The number of nitrogens with zero attached hydrogens (tertiary/aromatic N) is 2. The Balaban J connectivity index is 2.21. The van der Waals surface area contributed by atoms with E-state index in [1.54, 1.807) is 12.4 Å². The molecular formula is C13H15N3O2. The molecule has 0 saturated carbocycles. The molecule has 5 heteroatoms. The summed E-state index contributed by atoms with van der Waals surface area (Å²) in [5.41, 5.74) is 7.65. The van der Waals surface area contributed by atoms with Crippen molar-refractivity contribution < 1.29 is 9.53 Å². The summed E-state index contributed by atoms with van der Waals surface area (Å²) in [6.07, 6.45) is 5.81. The van der Waals surface area contributed by atoms with Crippen molar-refractivity contribution >= 4 is 5.97 Å². The number of methoxy groups -OCH3 is 1. The lowest BCUT2D eigenvalue weighted by molar-refractivity contribution is -0.142. The Labute approximate surface area is 105 Å². The lowest BCUT2D eigenvalue weighted by Crippen LogP contribution is -2.34. The third-order valence-corrected chi connectivity index (χ3v) is 2.69. The van der Waals surface area contributed by atoms with Crippen molar-refractivity contribution in [3.63, 3.8) is 0 Å². The fourth-order valence-corrected chi connectivity index (χ4v) is 1.79. The van der Waals surface area contributed by atoms with Gasteiger partial charge in [0.05, 0.1) is 19.0 Å². The van der Waals surface area contributed by atoms with Gasteiger partial charge in [0.1, 0.15) is 6.04 Å². The molecule has 0 aliphatic carbocycles. The third kappa shape index (κ3) is 2.57. The molecule has 0 aromatic carbocycles. The number of ether oxygens (including phenoxy) is 1. The normalized spacial score (nSPS) is 12.1. The zero-order valence-corrected chi connectivity index (χ0v) is 10.1. The average Bonchev–Trinajstić information content (AvgIpc) is 2.86. The first-order valence-corrected chi connectivity index (χ1v) is 5.62. The van der Waals surface area contributed by atoms with Crippen LogP contribution in [0, 0.1) is 0 Å². The molecule has 1 atom stereocenters. The number of pyridine rings is 1. The molecule has 94 valence electrons. The topological polar surface area (TPSA) is 70.1 Å². The Morgan fingerprint density at radius 3 is 3.00 bits per heavy atom. The first-order chi connectivity index (χ1) is 8.72. The zero-order chi connectivity index (χ0) is 13.0. The molecular weight excluding hydrogens is 230 g/mol. The van der Waals surface area contributed by atoms with E-state index >= 15 is 0 Å². The van der Waals surface area contributed by atoms with Gasteiger partial charge in [-0.3, -0.25) is 9.78 Å². The largest absolute Gasteiger partial charge is 0.468 e. The van der Waals surface area contributed by atoms with E-state index in [1.165, 1.54) is 7.11 Å². The van der Waals surface area contributed by atoms with E-state index in [9.17, 15) is 4.79 Å². The summed E-state index contributed by atoms with van der Waals surface area (Å²) in [4.78, 5) is 15.4. The van der Waals surface area contributed by atoms with Crippen LogP contribution in [0.25, 0.3) is 5.69 Å². The Hall–Kier alpha value is -2.14. The molecule has 5 nitrogen and oxygen atoms in total. The van der Waals surface area contributed by atoms with E-state index in [2.05, 4.69) is 9.72 Å². The second kappa shape index (κ2) is 5.46. The minimum atomic E-state index is -0.652. The van der Waals surface area contributed by atoms with Crippen molar-refractivity contribution in [2.75, 3.05) is 7.11 Å². The van der Waals surface area contributed by atoms with Crippen LogP contribution in [-0.4, -0.2) is 28.7 Å². The maximum atomic E-state index is 11.3. The number of carbonyl (C=O) groups excluding carboxylic acids is 1. The van der Waals surface area contributed by atoms with Crippen LogP contribution in [-0.2, 0) is 16.0 Å². The number of esters is 1. The van der Waals surface area contributed by atoms with Gasteiger partial charge in [-0.2, -0.15) is 0 Å². The van der Waals surface area contributed by atoms with Crippen LogP contribution in [0.5, 0.6) is 0 Å². The quantitative estimate of drug-likeness (QED) is 0.813. The van der Waals surface area contributed by atoms with Crippen molar-refractivity contribution in [2.45, 2.75) is 12.5 Å². The van der Waals surface area contributed by atoms with E-state index in [4.69, 9.17) is 5.73 Å². The molecule has 1 unspecified atom stereocenters. The molecule has 18 heavy (non-hydrogen) atoms. The second-order valence-electron chi connectivity index (χ2n) is 3.91. The minimum Gasteiger partial charge on any atom is -0.468 e. The summed E-state index contributed by atoms with van der Waals surface area (Å²) in [5.74, 6) is -0.408. The van der Waals surface area contributed by atoms with Gasteiger partial charge in [-0.05, 0) is 24.3 Å². The van der Waals surface area contributed by atoms with Crippen molar-refractivity contribution in [2.24, 2.45) is 5.73 Å². The minimum absolute atomic E-state index is 0.408. The summed E-state index contributed by atoms with van der Waals surface area (Å²) in [6, 6.07) is 6.99. The predicted octanol–water partition coefficient (Wildman–Crippen LogP) is 0.915. The first kappa shape index (κ1) is 12.3. The van der Waals surface area contributed by atoms with Crippen LogP contribution in [0.3, 0.4) is 0 Å². The molecule has 0 saturated heterocycles. The molecule has 2 aromatic rings. The number of carbonyl (C=O) groups is 1. The van der Waals surface area contributed by atoms with Crippen molar-refractivity contribution in [1.29, 1.82) is 0 Å². The van der Waals surface area contributed by atoms with Gasteiger partial charge in [-0.25, -0.2) is 0 Å². The highest BCUT2D eigenvalue weighted by Gasteiger charge is 2.16. The number of aromatic nitrogens is 2. The van der Waals surface area contributed by atoms with Gasteiger partial charge in [0.25, 0.3) is 0 Å². The van der Waals surface area contributed by atoms with Crippen LogP contribution in [0.4, 0.5) is 0 Å². The van der Waals surface area contributed by atoms with E-state index in [-0.39, 0.29) is 0 Å². The van der Waals surface area contributed by atoms with Gasteiger partial charge in [0, 0.05) is 24.5 Å². The van der Waals surface area contributed by atoms with Crippen molar-refractivity contribution in [1.82, 2.24) is 9.55 Å². The summed E-state index contributed by atoms with van der Waals surface area (Å²) in [5, 5.41) is 0. The molecule has 0 spiro atoms. The number of rotatable bonds is 4. The maximum absolute atomic E-state index is 11.3. The Bertz CT molecular complexity index is 522. The predicted molar refractivity (Wildman–Crippen MR) is 67.3 cm³/mol. The molecule has 0 aliphatic heterocycles. The van der Waals surface area contributed by atoms with Gasteiger partial charge >= 0.3 is 5.97 Å². The summed E-state index contributed by atoms with van der Waals surface area (Å²) in [7, 11) is 1.34. The Morgan fingerprint density at radius 1 is 1.50 bits per heavy atom. The van der Waals surface area contributed by atoms with Crippen molar-refractivity contribution in [3.8, 4) is 5.69 Å². The zero-order valence-electron chi connectivity index (χ0n) is 10.1. The fraction of sp³-hybridized carbons (Fsp3) is 0.231. The van der Waals surface area contributed by atoms with Gasteiger partial charge in [-0.15, -0.1) is 0 Å². The van der Waals surface area contributed by atoms with E-state index < -0.39 is 12.0 Å². The molecule has 0 amide bonds. The van der Waals surface area contributed by atoms with Gasteiger partial charge in [0.15, 0.2) is 0 Å². The molecule has 0 radical (unpaired) electrons. The SMILES string of the molecule is COC(=O)C(N)Cc1cccn1-c1cccnc1. The molecule has 0 fully saturated rings. The summed E-state index contributed by atoms with van der Waals surface area (Å²) in [6.45, 7) is 0. The molecule has 0 aliphatic rings. The lowest BCUT2D eigenvalue weighted by Gasteiger charge is -2.12.